The third-order valence-electron chi connectivity index (χ3n) is 4.15. The molecule has 0 aliphatic rings. The Hall–Kier alpha value is -2.34. The molecule has 148 valence electrons. The van der Waals surface area contributed by atoms with Gasteiger partial charge in [-0.15, -0.1) is 0 Å². The van der Waals surface area contributed by atoms with Gasteiger partial charge in [0, 0.05) is 43.2 Å². The van der Waals surface area contributed by atoms with E-state index >= 15 is 0 Å². The van der Waals surface area contributed by atoms with Gasteiger partial charge in [-0.3, -0.25) is 9.59 Å². The van der Waals surface area contributed by atoms with Crippen LogP contribution in [0.1, 0.15) is 51.0 Å². The van der Waals surface area contributed by atoms with Crippen molar-refractivity contribution in [2.45, 2.75) is 47.1 Å². The van der Waals surface area contributed by atoms with Crippen LogP contribution in [0, 0.1) is 5.41 Å². The number of carbonyl (C=O) groups excluding carboxylic acids is 2. The van der Waals surface area contributed by atoms with Gasteiger partial charge in [-0.1, -0.05) is 27.7 Å². The van der Waals surface area contributed by atoms with E-state index in [1.165, 1.54) is 0 Å². The van der Waals surface area contributed by atoms with Gasteiger partial charge in [-0.25, -0.2) is 0 Å². The van der Waals surface area contributed by atoms with Gasteiger partial charge < -0.3 is 19.9 Å². The average molecular weight is 373 g/mol. The van der Waals surface area contributed by atoms with Crippen molar-refractivity contribution < 1.29 is 14.3 Å². The van der Waals surface area contributed by atoms with Crippen LogP contribution in [0.15, 0.2) is 24.3 Å². The van der Waals surface area contributed by atoms with Crippen LogP contribution >= 0.6 is 0 Å². The van der Waals surface area contributed by atoms with E-state index in [2.05, 4.69) is 17.6 Å². The minimum absolute atomic E-state index is 0.00706. The molecule has 0 radical (unpaired) electrons. The Bertz CT molecular complexity index is 803. The number of carbonyl (C=O) groups is 2. The lowest BCUT2D eigenvalue weighted by molar-refractivity contribution is -0.117. The van der Waals surface area contributed by atoms with Crippen molar-refractivity contribution >= 4 is 28.4 Å². The second-order valence-electron chi connectivity index (χ2n) is 7.99. The van der Waals surface area contributed by atoms with E-state index in [1.54, 1.807) is 7.11 Å². The summed E-state index contributed by atoms with van der Waals surface area (Å²) >= 11 is 0. The van der Waals surface area contributed by atoms with Crippen molar-refractivity contribution in [2.75, 3.05) is 25.6 Å². The fourth-order valence-corrected chi connectivity index (χ4v) is 3.05. The van der Waals surface area contributed by atoms with Gasteiger partial charge in [0.2, 0.25) is 5.91 Å². The molecule has 0 unspecified atom stereocenters. The molecule has 1 heterocycles. The summed E-state index contributed by atoms with van der Waals surface area (Å²) in [6.45, 7) is 9.89. The van der Waals surface area contributed by atoms with E-state index in [0.717, 1.165) is 29.6 Å². The maximum Gasteiger partial charge on any atom is 0.268 e. The maximum absolute atomic E-state index is 12.5. The molecule has 1 aromatic heterocycles. The zero-order valence-electron chi connectivity index (χ0n) is 17.0. The van der Waals surface area contributed by atoms with E-state index < -0.39 is 0 Å². The van der Waals surface area contributed by atoms with Gasteiger partial charge in [0.1, 0.15) is 5.69 Å². The third-order valence-corrected chi connectivity index (χ3v) is 4.15. The summed E-state index contributed by atoms with van der Waals surface area (Å²) in [5.41, 5.74) is 2.30. The molecule has 2 amide bonds. The molecule has 0 saturated heterocycles. The van der Waals surface area contributed by atoms with Crippen LogP contribution in [0.25, 0.3) is 10.9 Å². The largest absolute Gasteiger partial charge is 0.383 e. The summed E-state index contributed by atoms with van der Waals surface area (Å²) in [6, 6.07) is 7.66. The molecule has 0 fully saturated rings. The zero-order chi connectivity index (χ0) is 20.0. The molecule has 2 aromatic rings. The average Bonchev–Trinajstić information content (AvgIpc) is 2.91. The van der Waals surface area contributed by atoms with Crippen molar-refractivity contribution in [3.05, 3.63) is 30.0 Å². The summed E-state index contributed by atoms with van der Waals surface area (Å²) in [7, 11) is 1.61. The molecule has 2 N–H and O–H groups in total. The number of hydrogen-bond acceptors (Lipinski definition) is 3. The molecule has 1 aromatic carbocycles. The first-order chi connectivity index (χ1) is 12.7. The van der Waals surface area contributed by atoms with Gasteiger partial charge in [-0.05, 0) is 36.1 Å². The molecule has 0 saturated carbocycles. The van der Waals surface area contributed by atoms with Gasteiger partial charge in [0.05, 0.1) is 6.61 Å². The Kier molecular flexibility index (Phi) is 7.02. The van der Waals surface area contributed by atoms with Crippen LogP contribution in [0.2, 0.25) is 0 Å². The molecule has 0 aliphatic heterocycles. The number of nitrogens with one attached hydrogen (secondary N) is 2. The second kappa shape index (κ2) is 9.04. The highest BCUT2D eigenvalue weighted by atomic mass is 16.5. The molecule has 6 heteroatoms. The number of aromatic nitrogens is 1. The first kappa shape index (κ1) is 21.0. The molecule has 27 heavy (non-hydrogen) atoms. The van der Waals surface area contributed by atoms with Crippen molar-refractivity contribution in [3.63, 3.8) is 0 Å². The molecule has 2 rings (SSSR count). The maximum atomic E-state index is 12.5. The van der Waals surface area contributed by atoms with Crippen LogP contribution in [-0.4, -0.2) is 36.6 Å². The van der Waals surface area contributed by atoms with Crippen LogP contribution in [0.3, 0.4) is 0 Å². The van der Waals surface area contributed by atoms with Crippen molar-refractivity contribution in [1.82, 2.24) is 9.88 Å². The number of methoxy groups -OCH3 is 1. The number of fused-ring (bicyclic) bond motifs is 1. The summed E-state index contributed by atoms with van der Waals surface area (Å²) in [6.07, 6.45) is 1.38. The lowest BCUT2D eigenvalue weighted by Crippen LogP contribution is -2.28. The van der Waals surface area contributed by atoms with Crippen LogP contribution in [-0.2, 0) is 16.1 Å². The van der Waals surface area contributed by atoms with E-state index in [9.17, 15) is 9.59 Å². The molecule has 0 spiro atoms. The summed E-state index contributed by atoms with van der Waals surface area (Å²) in [5.74, 6) is -0.123. The number of benzene rings is 1. The molecular formula is C21H31N3O3. The smallest absolute Gasteiger partial charge is 0.268 e. The first-order valence-corrected chi connectivity index (χ1v) is 9.45. The Morgan fingerprint density at radius 1 is 1.19 bits per heavy atom. The van der Waals surface area contributed by atoms with Crippen molar-refractivity contribution in [1.29, 1.82) is 0 Å². The lowest BCUT2D eigenvalue weighted by Gasteiger charge is -2.17. The monoisotopic (exact) mass is 373 g/mol. The fourth-order valence-electron chi connectivity index (χ4n) is 3.05. The quantitative estimate of drug-likeness (QED) is 0.691. The highest BCUT2D eigenvalue weighted by Gasteiger charge is 2.18. The number of hydrogen-bond donors (Lipinski definition) is 2. The minimum Gasteiger partial charge on any atom is -0.383 e. The minimum atomic E-state index is -0.116. The first-order valence-electron chi connectivity index (χ1n) is 9.45. The Morgan fingerprint density at radius 2 is 1.93 bits per heavy atom. The third kappa shape index (κ3) is 5.82. The summed E-state index contributed by atoms with van der Waals surface area (Å²) in [5, 5.41) is 6.77. The van der Waals surface area contributed by atoms with E-state index in [1.807, 2.05) is 49.6 Å². The second-order valence-corrected chi connectivity index (χ2v) is 7.99. The van der Waals surface area contributed by atoms with Crippen LogP contribution in [0.5, 0.6) is 0 Å². The fraction of sp³-hybridized carbons (Fsp3) is 0.524. The molecule has 6 nitrogen and oxygen atoms in total. The van der Waals surface area contributed by atoms with E-state index in [-0.39, 0.29) is 17.2 Å². The lowest BCUT2D eigenvalue weighted by atomic mass is 9.92. The number of nitrogens with zero attached hydrogens (tertiary/aromatic N) is 1. The van der Waals surface area contributed by atoms with Crippen LogP contribution < -0.4 is 10.6 Å². The number of aryl methyl sites for hydroxylation is 1. The van der Waals surface area contributed by atoms with Crippen molar-refractivity contribution in [3.8, 4) is 0 Å². The normalized spacial score (nSPS) is 11.6. The van der Waals surface area contributed by atoms with E-state index in [0.29, 0.717) is 25.3 Å². The Labute approximate surface area is 161 Å². The Morgan fingerprint density at radius 3 is 2.56 bits per heavy atom. The van der Waals surface area contributed by atoms with Gasteiger partial charge >= 0.3 is 0 Å². The van der Waals surface area contributed by atoms with Gasteiger partial charge in [0.15, 0.2) is 0 Å². The standard InChI is InChI=1S/C21H31N3O3/c1-6-10-24-17-8-7-16(23-19(25)14-21(2,3)4)12-15(17)13-18(24)20(26)22-9-11-27-5/h7-8,12-13H,6,9-11,14H2,1-5H3,(H,22,26)(H,23,25). The molecule has 0 bridgehead atoms. The Balaban J connectivity index is 2.27. The van der Waals surface area contributed by atoms with Crippen molar-refractivity contribution in [2.24, 2.45) is 5.41 Å². The SMILES string of the molecule is CCCn1c(C(=O)NCCOC)cc2cc(NC(=O)CC(C)(C)C)ccc21. The zero-order valence-corrected chi connectivity index (χ0v) is 17.0. The topological polar surface area (TPSA) is 72.4 Å². The van der Waals surface area contributed by atoms with E-state index in [4.69, 9.17) is 4.74 Å². The molecular weight excluding hydrogens is 342 g/mol. The summed E-state index contributed by atoms with van der Waals surface area (Å²) in [4.78, 5) is 24.7. The number of ether oxygens (including phenoxy) is 1. The highest BCUT2D eigenvalue weighted by Crippen LogP contribution is 2.25. The highest BCUT2D eigenvalue weighted by molar-refractivity contribution is 6.00. The van der Waals surface area contributed by atoms with Crippen LogP contribution in [0.4, 0.5) is 5.69 Å². The van der Waals surface area contributed by atoms with Gasteiger partial charge in [-0.2, -0.15) is 0 Å². The number of rotatable bonds is 8. The molecule has 0 atom stereocenters. The number of anilines is 1. The summed E-state index contributed by atoms with van der Waals surface area (Å²) < 4.78 is 7.02. The van der Waals surface area contributed by atoms with Gasteiger partial charge in [0.25, 0.3) is 5.91 Å². The number of amides is 2. The predicted octanol–water partition coefficient (Wildman–Crippen LogP) is 3.80. The molecule has 0 aliphatic carbocycles. The predicted molar refractivity (Wildman–Crippen MR) is 109 cm³/mol.